The third-order valence-corrected chi connectivity index (χ3v) is 6.12. The third kappa shape index (κ3) is 3.17. The van der Waals surface area contributed by atoms with Crippen molar-refractivity contribution in [3.05, 3.63) is 59.4 Å². The zero-order valence-corrected chi connectivity index (χ0v) is 14.9. The Bertz CT molecular complexity index is 926. The SMILES string of the molecule is CN(C)S(=O)(=O)c1cc(C(=O)N2CCCc3ccccc32)ccc1F. The normalized spacial score (nSPS) is 14.5. The zero-order chi connectivity index (χ0) is 18.2. The second-order valence-corrected chi connectivity index (χ2v) is 8.24. The van der Waals surface area contributed by atoms with Crippen molar-refractivity contribution in [2.24, 2.45) is 0 Å². The number of nitrogens with zero attached hydrogens (tertiary/aromatic N) is 2. The van der Waals surface area contributed by atoms with Crippen LogP contribution >= 0.6 is 0 Å². The summed E-state index contributed by atoms with van der Waals surface area (Å²) in [5.41, 5.74) is 2.05. The second kappa shape index (κ2) is 6.57. The first kappa shape index (κ1) is 17.6. The number of para-hydroxylation sites is 1. The molecular weight excluding hydrogens is 343 g/mol. The topological polar surface area (TPSA) is 57.7 Å². The lowest BCUT2D eigenvalue weighted by atomic mass is 10.0. The van der Waals surface area contributed by atoms with Gasteiger partial charge in [-0.1, -0.05) is 18.2 Å². The Hall–Kier alpha value is -2.25. The highest BCUT2D eigenvalue weighted by Crippen LogP contribution is 2.29. The van der Waals surface area contributed by atoms with Crippen molar-refractivity contribution in [3.63, 3.8) is 0 Å². The minimum Gasteiger partial charge on any atom is -0.308 e. The van der Waals surface area contributed by atoms with E-state index in [0.29, 0.717) is 6.54 Å². The molecule has 25 heavy (non-hydrogen) atoms. The zero-order valence-electron chi connectivity index (χ0n) is 14.1. The van der Waals surface area contributed by atoms with Crippen molar-refractivity contribution in [3.8, 4) is 0 Å². The van der Waals surface area contributed by atoms with Gasteiger partial charge in [-0.05, 0) is 42.7 Å². The van der Waals surface area contributed by atoms with Crippen molar-refractivity contribution in [1.29, 1.82) is 0 Å². The maximum atomic E-state index is 14.0. The Morgan fingerprint density at radius 2 is 1.88 bits per heavy atom. The number of halogens is 1. The highest BCUT2D eigenvalue weighted by Gasteiger charge is 2.27. The van der Waals surface area contributed by atoms with Gasteiger partial charge in [-0.15, -0.1) is 0 Å². The largest absolute Gasteiger partial charge is 0.308 e. The van der Waals surface area contributed by atoms with E-state index in [4.69, 9.17) is 0 Å². The fourth-order valence-corrected chi connectivity index (χ4v) is 3.91. The van der Waals surface area contributed by atoms with E-state index < -0.39 is 20.7 Å². The van der Waals surface area contributed by atoms with Gasteiger partial charge >= 0.3 is 0 Å². The van der Waals surface area contributed by atoms with Crippen molar-refractivity contribution in [2.75, 3.05) is 25.5 Å². The highest BCUT2D eigenvalue weighted by atomic mass is 32.2. The molecule has 2 aromatic rings. The predicted octanol–water partition coefficient (Wildman–Crippen LogP) is 2.67. The molecule has 0 spiro atoms. The van der Waals surface area contributed by atoms with Gasteiger partial charge in [-0.3, -0.25) is 4.79 Å². The van der Waals surface area contributed by atoms with Crippen molar-refractivity contribution < 1.29 is 17.6 Å². The number of rotatable bonds is 3. The quantitative estimate of drug-likeness (QED) is 0.843. The molecule has 1 aliphatic heterocycles. The fraction of sp³-hybridized carbons (Fsp3) is 0.278. The van der Waals surface area contributed by atoms with Gasteiger partial charge in [0.25, 0.3) is 5.91 Å². The summed E-state index contributed by atoms with van der Waals surface area (Å²) in [6.07, 6.45) is 1.72. The molecule has 1 amide bonds. The van der Waals surface area contributed by atoms with Crippen LogP contribution in [0.2, 0.25) is 0 Å². The molecule has 7 heteroatoms. The van der Waals surface area contributed by atoms with E-state index in [0.717, 1.165) is 40.5 Å². The van der Waals surface area contributed by atoms with Crippen LogP contribution in [-0.2, 0) is 16.4 Å². The summed E-state index contributed by atoms with van der Waals surface area (Å²) in [7, 11) is -1.32. The van der Waals surface area contributed by atoms with Gasteiger partial charge in [-0.2, -0.15) is 0 Å². The lowest BCUT2D eigenvalue weighted by molar-refractivity contribution is 0.0985. The maximum absolute atomic E-state index is 14.0. The average Bonchev–Trinajstić information content (AvgIpc) is 2.60. The molecule has 0 aromatic heterocycles. The summed E-state index contributed by atoms with van der Waals surface area (Å²) in [5, 5.41) is 0. The van der Waals surface area contributed by atoms with Crippen LogP contribution in [0.5, 0.6) is 0 Å². The van der Waals surface area contributed by atoms with Gasteiger partial charge in [0.1, 0.15) is 10.7 Å². The third-order valence-electron chi connectivity index (χ3n) is 4.29. The molecule has 2 aromatic carbocycles. The number of hydrogen-bond acceptors (Lipinski definition) is 3. The lowest BCUT2D eigenvalue weighted by Gasteiger charge is -2.29. The Morgan fingerprint density at radius 3 is 2.60 bits per heavy atom. The summed E-state index contributed by atoms with van der Waals surface area (Å²) in [4.78, 5) is 14.0. The molecular formula is C18H19FN2O3S. The summed E-state index contributed by atoms with van der Waals surface area (Å²) < 4.78 is 39.5. The Kier molecular flexibility index (Phi) is 4.62. The smallest absolute Gasteiger partial charge is 0.258 e. The van der Waals surface area contributed by atoms with Gasteiger partial charge < -0.3 is 4.90 Å². The molecule has 3 rings (SSSR count). The highest BCUT2D eigenvalue weighted by molar-refractivity contribution is 7.89. The van der Waals surface area contributed by atoms with E-state index in [9.17, 15) is 17.6 Å². The van der Waals surface area contributed by atoms with Crippen LogP contribution in [0.1, 0.15) is 22.3 Å². The van der Waals surface area contributed by atoms with E-state index in [-0.39, 0.29) is 11.5 Å². The van der Waals surface area contributed by atoms with Crippen LogP contribution in [0, 0.1) is 5.82 Å². The molecule has 1 aliphatic rings. The first-order valence-electron chi connectivity index (χ1n) is 7.94. The minimum absolute atomic E-state index is 0.151. The van der Waals surface area contributed by atoms with Gasteiger partial charge in [0.15, 0.2) is 0 Å². The minimum atomic E-state index is -3.97. The number of carbonyl (C=O) groups excluding carboxylic acids is 1. The molecule has 0 saturated heterocycles. The predicted molar refractivity (Wildman–Crippen MR) is 93.7 cm³/mol. The van der Waals surface area contributed by atoms with E-state index in [1.165, 1.54) is 20.2 Å². The molecule has 0 unspecified atom stereocenters. The number of amides is 1. The van der Waals surface area contributed by atoms with Crippen LogP contribution in [0.3, 0.4) is 0 Å². The molecule has 132 valence electrons. The summed E-state index contributed by atoms with van der Waals surface area (Å²) >= 11 is 0. The molecule has 0 atom stereocenters. The van der Waals surface area contributed by atoms with Crippen LogP contribution in [0.25, 0.3) is 0 Å². The molecule has 0 fully saturated rings. The lowest BCUT2D eigenvalue weighted by Crippen LogP contribution is -2.35. The Balaban J connectivity index is 2.03. The van der Waals surface area contributed by atoms with E-state index in [1.54, 1.807) is 4.90 Å². The van der Waals surface area contributed by atoms with Crippen molar-refractivity contribution in [2.45, 2.75) is 17.7 Å². The maximum Gasteiger partial charge on any atom is 0.258 e. The first-order valence-corrected chi connectivity index (χ1v) is 9.38. The molecule has 1 heterocycles. The Morgan fingerprint density at radius 1 is 1.16 bits per heavy atom. The van der Waals surface area contributed by atoms with Gasteiger partial charge in [-0.25, -0.2) is 17.1 Å². The standard InChI is InChI=1S/C18H19FN2O3S/c1-20(2)25(23,24)17-12-14(9-10-15(17)19)18(22)21-11-5-7-13-6-3-4-8-16(13)21/h3-4,6,8-10,12H,5,7,11H2,1-2H3. The van der Waals surface area contributed by atoms with E-state index >= 15 is 0 Å². The van der Waals surface area contributed by atoms with Crippen molar-refractivity contribution in [1.82, 2.24) is 4.31 Å². The molecule has 0 saturated carbocycles. The van der Waals surface area contributed by atoms with Gasteiger partial charge in [0, 0.05) is 31.9 Å². The molecule has 0 bridgehead atoms. The summed E-state index contributed by atoms with van der Waals surface area (Å²) in [6, 6.07) is 11.1. The number of fused-ring (bicyclic) bond motifs is 1. The van der Waals surface area contributed by atoms with Crippen LogP contribution in [0.15, 0.2) is 47.4 Å². The van der Waals surface area contributed by atoms with E-state index in [2.05, 4.69) is 0 Å². The van der Waals surface area contributed by atoms with Crippen LogP contribution < -0.4 is 4.90 Å². The van der Waals surface area contributed by atoms with Crippen LogP contribution in [-0.4, -0.2) is 39.3 Å². The molecule has 0 N–H and O–H groups in total. The number of aryl methyl sites for hydroxylation is 1. The number of carbonyl (C=O) groups is 1. The second-order valence-electron chi connectivity index (χ2n) is 6.12. The van der Waals surface area contributed by atoms with Gasteiger partial charge in [0.05, 0.1) is 0 Å². The molecule has 0 radical (unpaired) electrons. The number of anilines is 1. The number of hydrogen-bond donors (Lipinski definition) is 0. The number of benzene rings is 2. The van der Waals surface area contributed by atoms with Crippen molar-refractivity contribution >= 4 is 21.6 Å². The van der Waals surface area contributed by atoms with Gasteiger partial charge in [0.2, 0.25) is 10.0 Å². The molecule has 5 nitrogen and oxygen atoms in total. The Labute approximate surface area is 146 Å². The monoisotopic (exact) mass is 362 g/mol. The first-order chi connectivity index (χ1) is 11.8. The number of sulfonamides is 1. The fourth-order valence-electron chi connectivity index (χ4n) is 2.93. The van der Waals surface area contributed by atoms with E-state index in [1.807, 2.05) is 24.3 Å². The average molecular weight is 362 g/mol. The summed E-state index contributed by atoms with van der Waals surface area (Å²) in [6.45, 7) is 0.545. The molecule has 0 aliphatic carbocycles. The summed E-state index contributed by atoms with van der Waals surface area (Å²) in [5.74, 6) is -1.20. The van der Waals surface area contributed by atoms with Crippen LogP contribution in [0.4, 0.5) is 10.1 Å².